The summed E-state index contributed by atoms with van der Waals surface area (Å²) in [5.41, 5.74) is 8.74. The highest BCUT2D eigenvalue weighted by Gasteiger charge is 2.17. The normalized spacial score (nSPS) is 12.3. The van der Waals surface area contributed by atoms with Crippen LogP contribution in [0, 0.1) is 0 Å². The zero-order valence-corrected chi connectivity index (χ0v) is 17.5. The molecule has 148 valence electrons. The number of fused-ring (bicyclic) bond motifs is 1. The highest BCUT2D eigenvalue weighted by Crippen LogP contribution is 2.31. The number of amides is 1. The van der Waals surface area contributed by atoms with E-state index in [4.69, 9.17) is 17.3 Å². The van der Waals surface area contributed by atoms with Gasteiger partial charge in [0.25, 0.3) is 0 Å². The van der Waals surface area contributed by atoms with Gasteiger partial charge in [0.15, 0.2) is 0 Å². The Bertz CT molecular complexity index is 1080. The predicted molar refractivity (Wildman–Crippen MR) is 122 cm³/mol. The second-order valence-corrected chi connectivity index (χ2v) is 8.30. The van der Waals surface area contributed by atoms with E-state index >= 15 is 0 Å². The van der Waals surface area contributed by atoms with Crippen molar-refractivity contribution in [2.75, 3.05) is 5.75 Å². The number of carbonyl (C=O) groups excluding carboxylic acids is 2. The lowest BCUT2D eigenvalue weighted by Gasteiger charge is -2.14. The molecule has 2 aromatic carbocycles. The van der Waals surface area contributed by atoms with Gasteiger partial charge in [-0.25, -0.2) is 4.98 Å². The van der Waals surface area contributed by atoms with Crippen molar-refractivity contribution in [3.63, 3.8) is 0 Å². The van der Waals surface area contributed by atoms with Crippen LogP contribution in [-0.4, -0.2) is 22.4 Å². The van der Waals surface area contributed by atoms with E-state index in [1.165, 1.54) is 11.8 Å². The lowest BCUT2D eigenvalue weighted by atomic mass is 10.1. The summed E-state index contributed by atoms with van der Waals surface area (Å²) < 4.78 is 0. The smallest absolute Gasteiger partial charge is 0.218 e. The van der Waals surface area contributed by atoms with Crippen LogP contribution in [0.5, 0.6) is 0 Å². The summed E-state index contributed by atoms with van der Waals surface area (Å²) in [5.74, 6) is 0.206. The van der Waals surface area contributed by atoms with E-state index in [0.717, 1.165) is 27.7 Å². The zero-order chi connectivity index (χ0) is 20.8. The number of benzene rings is 2. The van der Waals surface area contributed by atoms with Gasteiger partial charge < -0.3 is 5.73 Å². The summed E-state index contributed by atoms with van der Waals surface area (Å²) in [6, 6.07) is 17.4. The number of rotatable bonds is 8. The Balaban J connectivity index is 1.79. The van der Waals surface area contributed by atoms with Crippen molar-refractivity contribution < 1.29 is 9.59 Å². The Labute approximate surface area is 179 Å². The molecule has 0 fully saturated rings. The number of hydrogen-bond acceptors (Lipinski definition) is 4. The quantitative estimate of drug-likeness (QED) is 0.532. The van der Waals surface area contributed by atoms with E-state index in [-0.39, 0.29) is 23.4 Å². The Morgan fingerprint density at radius 1 is 1.14 bits per heavy atom. The van der Waals surface area contributed by atoms with Gasteiger partial charge in [0, 0.05) is 22.6 Å². The molecule has 0 saturated carbocycles. The Kier molecular flexibility index (Phi) is 7.07. The Hall–Kier alpha value is -2.63. The minimum absolute atomic E-state index is 0.0497. The molecule has 1 heterocycles. The molecule has 1 unspecified atom stereocenters. The Morgan fingerprint density at radius 3 is 2.69 bits per heavy atom. The summed E-state index contributed by atoms with van der Waals surface area (Å²) in [6.45, 7) is 1.56. The monoisotopic (exact) mass is 424 g/mol. The molecule has 1 aromatic heterocycles. The van der Waals surface area contributed by atoms with Crippen molar-refractivity contribution in [2.24, 2.45) is 5.73 Å². The molecular formula is C23H21ClN2O2S. The number of aromatic nitrogens is 1. The number of primary amides is 1. The summed E-state index contributed by atoms with van der Waals surface area (Å²) in [4.78, 5) is 27.7. The van der Waals surface area contributed by atoms with Gasteiger partial charge in [0.2, 0.25) is 5.91 Å². The highest BCUT2D eigenvalue weighted by molar-refractivity contribution is 8.00. The number of ketones is 1. The molecule has 6 heteroatoms. The van der Waals surface area contributed by atoms with E-state index in [2.05, 4.69) is 4.98 Å². The molecule has 0 aliphatic rings. The van der Waals surface area contributed by atoms with Gasteiger partial charge in [-0.3, -0.25) is 9.59 Å². The molecule has 2 N–H and O–H groups in total. The van der Waals surface area contributed by atoms with E-state index in [9.17, 15) is 9.59 Å². The highest BCUT2D eigenvalue weighted by atomic mass is 35.5. The molecule has 0 aliphatic carbocycles. The molecule has 3 aromatic rings. The number of halogens is 1. The summed E-state index contributed by atoms with van der Waals surface area (Å²) in [5, 5.41) is 1.37. The SMILES string of the molecule is CC(=O)C(SCCC(N)=O)c1cccc(C=Cc2ccc3ccc(Cl)cc3n2)c1. The van der Waals surface area contributed by atoms with Crippen molar-refractivity contribution in [1.29, 1.82) is 0 Å². The lowest BCUT2D eigenvalue weighted by molar-refractivity contribution is -0.118. The summed E-state index contributed by atoms with van der Waals surface area (Å²) >= 11 is 7.49. The first-order chi connectivity index (χ1) is 13.9. The van der Waals surface area contributed by atoms with Crippen molar-refractivity contribution in [2.45, 2.75) is 18.6 Å². The van der Waals surface area contributed by atoms with Gasteiger partial charge in [0.1, 0.15) is 5.78 Å². The minimum atomic E-state index is -0.361. The second kappa shape index (κ2) is 9.72. The molecule has 1 atom stereocenters. The van der Waals surface area contributed by atoms with Gasteiger partial charge >= 0.3 is 0 Å². The molecule has 0 bridgehead atoms. The average Bonchev–Trinajstić information content (AvgIpc) is 2.69. The van der Waals surface area contributed by atoms with Crippen LogP contribution in [0.2, 0.25) is 5.02 Å². The molecule has 0 spiro atoms. The van der Waals surface area contributed by atoms with Crippen LogP contribution >= 0.6 is 23.4 Å². The first-order valence-electron chi connectivity index (χ1n) is 9.17. The van der Waals surface area contributed by atoms with Crippen molar-refractivity contribution >= 4 is 58.1 Å². The van der Waals surface area contributed by atoms with Crippen LogP contribution < -0.4 is 5.73 Å². The fraction of sp³-hybridized carbons (Fsp3) is 0.174. The molecule has 29 heavy (non-hydrogen) atoms. The van der Waals surface area contributed by atoms with Gasteiger partial charge in [-0.2, -0.15) is 0 Å². The number of nitrogens with zero attached hydrogens (tertiary/aromatic N) is 1. The van der Waals surface area contributed by atoms with Crippen LogP contribution in [0.25, 0.3) is 23.1 Å². The lowest BCUT2D eigenvalue weighted by Crippen LogP contribution is -2.13. The van der Waals surface area contributed by atoms with Crippen molar-refractivity contribution in [1.82, 2.24) is 4.98 Å². The van der Waals surface area contributed by atoms with Crippen molar-refractivity contribution in [3.8, 4) is 0 Å². The first-order valence-corrected chi connectivity index (χ1v) is 10.6. The predicted octanol–water partition coefficient (Wildman–Crippen LogP) is 5.30. The number of carbonyl (C=O) groups is 2. The van der Waals surface area contributed by atoms with Gasteiger partial charge in [-0.15, -0.1) is 11.8 Å². The zero-order valence-electron chi connectivity index (χ0n) is 16.0. The van der Waals surface area contributed by atoms with Crippen LogP contribution in [0.1, 0.15) is 35.4 Å². The van der Waals surface area contributed by atoms with E-state index in [1.54, 1.807) is 6.92 Å². The van der Waals surface area contributed by atoms with Crippen LogP contribution in [0.15, 0.2) is 54.6 Å². The number of thioether (sulfide) groups is 1. The third-order valence-corrected chi connectivity index (χ3v) is 5.95. The van der Waals surface area contributed by atoms with Gasteiger partial charge in [-0.05, 0) is 42.3 Å². The van der Waals surface area contributed by atoms with Crippen LogP contribution in [-0.2, 0) is 9.59 Å². The van der Waals surface area contributed by atoms with E-state index < -0.39 is 0 Å². The minimum Gasteiger partial charge on any atom is -0.370 e. The van der Waals surface area contributed by atoms with Gasteiger partial charge in [0.05, 0.1) is 16.5 Å². The fourth-order valence-corrected chi connectivity index (χ4v) is 4.23. The largest absolute Gasteiger partial charge is 0.370 e. The standard InChI is InChI=1S/C23H21ClN2O2S/c1-15(27)23(29-12-11-22(25)28)18-4-2-3-16(13-18)5-9-20-10-7-17-6-8-19(24)14-21(17)26-20/h2-10,13-14,23H,11-12H2,1H3,(H2,25,28). The molecule has 3 rings (SSSR count). The number of nitrogens with two attached hydrogens (primary N) is 1. The van der Waals surface area contributed by atoms with E-state index in [0.29, 0.717) is 10.8 Å². The summed E-state index contributed by atoms with van der Waals surface area (Å²) in [7, 11) is 0. The maximum Gasteiger partial charge on any atom is 0.218 e. The first kappa shape index (κ1) is 21.1. The maximum absolute atomic E-state index is 12.1. The number of Topliss-reactive ketones (excluding diaryl/α,β-unsaturated/α-hetero) is 1. The van der Waals surface area contributed by atoms with Crippen LogP contribution in [0.4, 0.5) is 0 Å². The Morgan fingerprint density at radius 2 is 1.93 bits per heavy atom. The number of pyridine rings is 1. The molecular weight excluding hydrogens is 404 g/mol. The third-order valence-electron chi connectivity index (χ3n) is 4.34. The molecule has 0 saturated heterocycles. The third kappa shape index (κ3) is 5.92. The van der Waals surface area contributed by atoms with Crippen LogP contribution in [0.3, 0.4) is 0 Å². The summed E-state index contributed by atoms with van der Waals surface area (Å²) in [6.07, 6.45) is 4.15. The molecule has 0 aliphatic heterocycles. The maximum atomic E-state index is 12.1. The van der Waals surface area contributed by atoms with E-state index in [1.807, 2.05) is 66.7 Å². The second-order valence-electron chi connectivity index (χ2n) is 6.65. The number of hydrogen-bond donors (Lipinski definition) is 1. The fourth-order valence-electron chi connectivity index (χ4n) is 2.93. The van der Waals surface area contributed by atoms with Gasteiger partial charge in [-0.1, -0.05) is 54.1 Å². The molecule has 1 amide bonds. The molecule has 0 radical (unpaired) electrons. The molecule has 4 nitrogen and oxygen atoms in total. The topological polar surface area (TPSA) is 73.1 Å². The van der Waals surface area contributed by atoms with Crippen molar-refractivity contribution in [3.05, 3.63) is 76.4 Å². The average molecular weight is 425 g/mol.